The lowest BCUT2D eigenvalue weighted by atomic mass is 10.0. The Hall–Kier alpha value is -2.33. The number of halogens is 1. The highest BCUT2D eigenvalue weighted by molar-refractivity contribution is 6.33. The number of hydrogen-bond donors (Lipinski definition) is 0. The smallest absolute Gasteiger partial charge is 0.243 e. The molecule has 5 heteroatoms. The summed E-state index contributed by atoms with van der Waals surface area (Å²) in [7, 11) is 0. The van der Waals surface area contributed by atoms with Crippen LogP contribution in [0.5, 0.6) is 0 Å². The average molecular weight is 315 g/mol. The number of benzene rings is 2. The first-order chi connectivity index (χ1) is 10.5. The molecule has 0 unspecified atom stereocenters. The maximum Gasteiger partial charge on any atom is 0.243 e. The lowest BCUT2D eigenvalue weighted by Crippen LogP contribution is -2.41. The van der Waals surface area contributed by atoms with Crippen LogP contribution >= 0.6 is 11.6 Å². The van der Waals surface area contributed by atoms with Crippen LogP contribution in [0.2, 0.25) is 5.02 Å². The molecule has 0 radical (unpaired) electrons. The fraction of sp³-hybridized carbons (Fsp3) is 0.176. The molecule has 0 aliphatic carbocycles. The van der Waals surface area contributed by atoms with Crippen LogP contribution in [0.25, 0.3) is 0 Å². The fourth-order valence-corrected chi connectivity index (χ4v) is 2.70. The van der Waals surface area contributed by atoms with Gasteiger partial charge in [0.1, 0.15) is 0 Å². The number of carbonyl (C=O) groups excluding carboxylic acids is 1. The minimum Gasteiger partial charge on any atom is -0.443 e. The Balaban J connectivity index is 2.06. The van der Waals surface area contributed by atoms with Crippen molar-refractivity contribution in [3.8, 4) is 0 Å². The maximum atomic E-state index is 12.0. The van der Waals surface area contributed by atoms with Crippen molar-refractivity contribution in [2.45, 2.75) is 19.6 Å². The van der Waals surface area contributed by atoms with E-state index in [1.807, 2.05) is 55.5 Å². The molecule has 0 spiro atoms. The number of ether oxygens (including phenoxy) is 1. The molecule has 0 fully saturated rings. The Kier molecular flexibility index (Phi) is 3.62. The van der Waals surface area contributed by atoms with Gasteiger partial charge in [-0.2, -0.15) is 5.01 Å². The minimum atomic E-state index is -0.985. The highest BCUT2D eigenvalue weighted by atomic mass is 35.5. The van der Waals surface area contributed by atoms with Crippen molar-refractivity contribution in [2.75, 3.05) is 0 Å². The van der Waals surface area contributed by atoms with Crippen LogP contribution < -0.4 is 0 Å². The molecule has 2 aromatic rings. The summed E-state index contributed by atoms with van der Waals surface area (Å²) < 4.78 is 6.05. The summed E-state index contributed by atoms with van der Waals surface area (Å²) in [4.78, 5) is 12.0. The number of carbonyl (C=O) groups is 1. The van der Waals surface area contributed by atoms with Gasteiger partial charge in [0.25, 0.3) is 0 Å². The molecule has 3 rings (SSSR count). The molecule has 0 saturated carbocycles. The van der Waals surface area contributed by atoms with E-state index in [0.717, 1.165) is 5.56 Å². The van der Waals surface area contributed by atoms with E-state index in [1.54, 1.807) is 6.07 Å². The van der Waals surface area contributed by atoms with E-state index in [1.165, 1.54) is 11.9 Å². The van der Waals surface area contributed by atoms with E-state index >= 15 is 0 Å². The summed E-state index contributed by atoms with van der Waals surface area (Å²) in [6, 6.07) is 16.8. The van der Waals surface area contributed by atoms with Crippen LogP contribution in [0.15, 0.2) is 59.7 Å². The molecule has 1 amide bonds. The molecule has 0 bridgehead atoms. The molecule has 112 valence electrons. The zero-order valence-corrected chi connectivity index (χ0v) is 13.0. The normalized spacial score (nSPS) is 20.5. The Morgan fingerprint density at radius 2 is 1.77 bits per heavy atom. The number of hydrogen-bond acceptors (Lipinski definition) is 3. The highest BCUT2D eigenvalue weighted by Crippen LogP contribution is 2.37. The van der Waals surface area contributed by atoms with Crippen LogP contribution in [-0.4, -0.2) is 16.8 Å². The third-order valence-corrected chi connectivity index (χ3v) is 3.93. The first-order valence-electron chi connectivity index (χ1n) is 6.91. The van der Waals surface area contributed by atoms with E-state index in [2.05, 4.69) is 5.10 Å². The van der Waals surface area contributed by atoms with Crippen molar-refractivity contribution in [2.24, 2.45) is 5.10 Å². The van der Waals surface area contributed by atoms with Gasteiger partial charge in [-0.25, -0.2) is 0 Å². The van der Waals surface area contributed by atoms with Crippen molar-refractivity contribution in [1.82, 2.24) is 5.01 Å². The van der Waals surface area contributed by atoms with Gasteiger partial charge in [0, 0.05) is 19.4 Å². The molecule has 1 aliphatic heterocycles. The van der Waals surface area contributed by atoms with Gasteiger partial charge in [-0.05, 0) is 12.1 Å². The number of hydrazone groups is 1. The van der Waals surface area contributed by atoms with Gasteiger partial charge < -0.3 is 4.74 Å². The van der Waals surface area contributed by atoms with Gasteiger partial charge in [0.2, 0.25) is 17.5 Å². The summed E-state index contributed by atoms with van der Waals surface area (Å²) in [6.45, 7) is 3.28. The average Bonchev–Trinajstić information content (AvgIpc) is 2.88. The molecular formula is C17H15ClN2O2. The molecule has 22 heavy (non-hydrogen) atoms. The molecule has 1 atom stereocenters. The molecule has 0 N–H and O–H groups in total. The molecule has 1 heterocycles. The van der Waals surface area contributed by atoms with E-state index in [4.69, 9.17) is 16.3 Å². The van der Waals surface area contributed by atoms with E-state index in [-0.39, 0.29) is 5.91 Å². The molecule has 1 aliphatic rings. The summed E-state index contributed by atoms with van der Waals surface area (Å²) in [6.07, 6.45) is 0. The Morgan fingerprint density at radius 3 is 2.41 bits per heavy atom. The van der Waals surface area contributed by atoms with Crippen LogP contribution in [0.4, 0.5) is 0 Å². The Labute approximate surface area is 134 Å². The SMILES string of the molecule is CC(=O)N1N=C(c2ccccc2Cl)O[C@]1(C)c1ccccc1. The van der Waals surface area contributed by atoms with Crippen molar-refractivity contribution < 1.29 is 9.53 Å². The van der Waals surface area contributed by atoms with Gasteiger partial charge in [-0.1, -0.05) is 54.1 Å². The fourth-order valence-electron chi connectivity index (χ4n) is 2.48. The molecular weight excluding hydrogens is 300 g/mol. The van der Waals surface area contributed by atoms with Crippen molar-refractivity contribution >= 4 is 23.4 Å². The van der Waals surface area contributed by atoms with Crippen LogP contribution in [0.3, 0.4) is 0 Å². The van der Waals surface area contributed by atoms with Crippen molar-refractivity contribution in [1.29, 1.82) is 0 Å². The lowest BCUT2D eigenvalue weighted by Gasteiger charge is -2.31. The lowest BCUT2D eigenvalue weighted by molar-refractivity contribution is -0.146. The predicted molar refractivity (Wildman–Crippen MR) is 85.4 cm³/mol. The first kappa shape index (κ1) is 14.6. The summed E-state index contributed by atoms with van der Waals surface area (Å²) >= 11 is 6.21. The quantitative estimate of drug-likeness (QED) is 0.847. The maximum absolute atomic E-state index is 12.0. The Morgan fingerprint density at radius 1 is 1.14 bits per heavy atom. The third kappa shape index (κ3) is 2.35. The van der Waals surface area contributed by atoms with E-state index in [0.29, 0.717) is 16.5 Å². The second kappa shape index (κ2) is 5.46. The van der Waals surface area contributed by atoms with Gasteiger partial charge >= 0.3 is 0 Å². The summed E-state index contributed by atoms with van der Waals surface area (Å²) in [5.74, 6) is 0.139. The second-order valence-corrected chi connectivity index (χ2v) is 5.57. The number of rotatable bonds is 2. The zero-order valence-electron chi connectivity index (χ0n) is 12.3. The molecule has 2 aromatic carbocycles. The first-order valence-corrected chi connectivity index (χ1v) is 7.29. The standard InChI is InChI=1S/C17H15ClN2O2/c1-12(21)20-17(2,13-8-4-3-5-9-13)22-16(19-20)14-10-6-7-11-15(14)18/h3-11H,1-2H3/t17-/m1/s1. The third-order valence-electron chi connectivity index (χ3n) is 3.60. The van der Waals surface area contributed by atoms with E-state index in [9.17, 15) is 4.79 Å². The topological polar surface area (TPSA) is 41.9 Å². The number of nitrogens with zero attached hydrogens (tertiary/aromatic N) is 2. The van der Waals surface area contributed by atoms with Crippen LogP contribution in [0.1, 0.15) is 25.0 Å². The van der Waals surface area contributed by atoms with Crippen LogP contribution in [0, 0.1) is 0 Å². The van der Waals surface area contributed by atoms with Crippen molar-refractivity contribution in [3.63, 3.8) is 0 Å². The van der Waals surface area contributed by atoms with Gasteiger partial charge in [-0.3, -0.25) is 4.79 Å². The molecule has 4 nitrogen and oxygen atoms in total. The van der Waals surface area contributed by atoms with Gasteiger partial charge in [0.15, 0.2) is 0 Å². The summed E-state index contributed by atoms with van der Waals surface area (Å²) in [5.41, 5.74) is 0.521. The highest BCUT2D eigenvalue weighted by Gasteiger charge is 2.45. The van der Waals surface area contributed by atoms with Gasteiger partial charge in [-0.15, -0.1) is 5.10 Å². The molecule has 0 saturated heterocycles. The Bertz CT molecular complexity index is 745. The van der Waals surface area contributed by atoms with E-state index < -0.39 is 5.72 Å². The number of amides is 1. The van der Waals surface area contributed by atoms with Gasteiger partial charge in [0.05, 0.1) is 10.6 Å². The summed E-state index contributed by atoms with van der Waals surface area (Å²) in [5, 5.41) is 6.22. The van der Waals surface area contributed by atoms with Crippen LogP contribution in [-0.2, 0) is 15.3 Å². The minimum absolute atomic E-state index is 0.201. The molecule has 0 aromatic heterocycles. The largest absolute Gasteiger partial charge is 0.443 e. The predicted octanol–water partition coefficient (Wildman–Crippen LogP) is 3.75. The monoisotopic (exact) mass is 314 g/mol. The zero-order chi connectivity index (χ0) is 15.7. The second-order valence-electron chi connectivity index (χ2n) is 5.17. The van der Waals surface area contributed by atoms with Crippen molar-refractivity contribution in [3.05, 3.63) is 70.7 Å².